The Morgan fingerprint density at radius 2 is 2.17 bits per heavy atom. The number of nitrogens with one attached hydrogen (secondary N) is 1. The number of aryl methyl sites for hydroxylation is 1. The van der Waals surface area contributed by atoms with Crippen LogP contribution in [0.4, 0.5) is 11.4 Å². The monoisotopic (exact) mass is 349 g/mol. The second-order valence-corrected chi connectivity index (χ2v) is 6.33. The number of fused-ring (bicyclic) bond motifs is 2. The Bertz CT molecular complexity index is 906. The van der Waals surface area contributed by atoms with E-state index in [0.29, 0.717) is 11.5 Å². The Morgan fingerprint density at radius 3 is 3.04 bits per heavy atom. The third-order valence-electron chi connectivity index (χ3n) is 3.68. The molecule has 0 fully saturated rings. The fraction of sp³-hybridized carbons (Fsp3) is 0.267. The molecule has 1 aliphatic rings. The highest BCUT2D eigenvalue weighted by molar-refractivity contribution is 7.16. The molecule has 6 nitrogen and oxygen atoms in total. The lowest BCUT2D eigenvalue weighted by atomic mass is 10.2. The van der Waals surface area contributed by atoms with Crippen molar-refractivity contribution < 1.29 is 0 Å². The number of hydrogen-bond donors (Lipinski definition) is 1. The molecule has 120 valence electrons. The van der Waals surface area contributed by atoms with Crippen LogP contribution >= 0.6 is 23.7 Å². The molecule has 23 heavy (non-hydrogen) atoms. The maximum atomic E-state index is 11.9. The molecule has 0 amide bonds. The molecule has 0 radical (unpaired) electrons. The fourth-order valence-electron chi connectivity index (χ4n) is 2.70. The summed E-state index contributed by atoms with van der Waals surface area (Å²) < 4.78 is 1.39. The smallest absolute Gasteiger partial charge is 0.275 e. The number of hydrogen-bond acceptors (Lipinski definition) is 6. The van der Waals surface area contributed by atoms with Gasteiger partial charge in [-0.25, -0.2) is 4.98 Å². The maximum Gasteiger partial charge on any atom is 0.275 e. The highest BCUT2D eigenvalue weighted by Crippen LogP contribution is 2.30. The van der Waals surface area contributed by atoms with E-state index >= 15 is 0 Å². The van der Waals surface area contributed by atoms with E-state index in [2.05, 4.69) is 32.4 Å². The third kappa shape index (κ3) is 2.89. The minimum Gasteiger partial charge on any atom is -0.382 e. The number of halogens is 1. The van der Waals surface area contributed by atoms with Crippen molar-refractivity contribution in [2.75, 3.05) is 23.3 Å². The topological polar surface area (TPSA) is 62.5 Å². The van der Waals surface area contributed by atoms with Gasteiger partial charge in [0.15, 0.2) is 0 Å². The van der Waals surface area contributed by atoms with Crippen molar-refractivity contribution in [1.82, 2.24) is 14.6 Å². The zero-order chi connectivity index (χ0) is 15.1. The van der Waals surface area contributed by atoms with Crippen molar-refractivity contribution in [1.29, 1.82) is 0 Å². The lowest BCUT2D eigenvalue weighted by Gasteiger charge is -2.31. The van der Waals surface area contributed by atoms with Crippen LogP contribution in [0.5, 0.6) is 0 Å². The zero-order valence-electron chi connectivity index (χ0n) is 12.5. The first-order valence-electron chi connectivity index (χ1n) is 7.15. The van der Waals surface area contributed by atoms with Crippen LogP contribution in [0.3, 0.4) is 0 Å². The average molecular weight is 350 g/mol. The van der Waals surface area contributed by atoms with Gasteiger partial charge in [0.1, 0.15) is 5.01 Å². The number of benzene rings is 1. The molecular weight excluding hydrogens is 334 g/mol. The Morgan fingerprint density at radius 1 is 1.35 bits per heavy atom. The highest BCUT2D eigenvalue weighted by atomic mass is 35.5. The molecule has 1 N–H and O–H groups in total. The summed E-state index contributed by atoms with van der Waals surface area (Å²) in [5.41, 5.74) is 2.92. The first kappa shape index (κ1) is 15.8. The summed E-state index contributed by atoms with van der Waals surface area (Å²) in [6, 6.07) is 9.75. The van der Waals surface area contributed by atoms with Gasteiger partial charge >= 0.3 is 0 Å². The Kier molecular flexibility index (Phi) is 4.23. The lowest BCUT2D eigenvalue weighted by molar-refractivity contribution is 0.758. The Hall–Kier alpha value is -2.12. The van der Waals surface area contributed by atoms with Crippen LogP contribution in [-0.4, -0.2) is 27.7 Å². The molecule has 0 atom stereocenters. The summed E-state index contributed by atoms with van der Waals surface area (Å²) in [4.78, 5) is 19.3. The summed E-state index contributed by atoms with van der Waals surface area (Å²) >= 11 is 1.47. The summed E-state index contributed by atoms with van der Waals surface area (Å²) in [5.74, 6) is 0. The molecule has 1 aliphatic heterocycles. The molecule has 0 bridgehead atoms. The van der Waals surface area contributed by atoms with E-state index in [0.717, 1.165) is 29.5 Å². The van der Waals surface area contributed by atoms with E-state index in [9.17, 15) is 4.79 Å². The van der Waals surface area contributed by atoms with Gasteiger partial charge in [0.25, 0.3) is 5.56 Å². The molecule has 3 aromatic rings. The van der Waals surface area contributed by atoms with E-state index in [4.69, 9.17) is 0 Å². The van der Waals surface area contributed by atoms with Crippen LogP contribution in [0.2, 0.25) is 0 Å². The van der Waals surface area contributed by atoms with Gasteiger partial charge in [-0.05, 0) is 19.1 Å². The molecule has 0 unspecified atom stereocenters. The first-order valence-corrected chi connectivity index (χ1v) is 7.96. The van der Waals surface area contributed by atoms with Gasteiger partial charge in [-0.3, -0.25) is 4.79 Å². The molecule has 0 spiro atoms. The predicted octanol–water partition coefficient (Wildman–Crippen LogP) is 2.31. The molecule has 0 saturated heterocycles. The van der Waals surface area contributed by atoms with Crippen LogP contribution in [0.1, 0.15) is 10.7 Å². The van der Waals surface area contributed by atoms with Crippen molar-refractivity contribution in [3.8, 4) is 0 Å². The number of para-hydroxylation sites is 2. The zero-order valence-corrected chi connectivity index (χ0v) is 14.2. The average Bonchev–Trinajstić information content (AvgIpc) is 2.90. The van der Waals surface area contributed by atoms with E-state index < -0.39 is 0 Å². The van der Waals surface area contributed by atoms with Gasteiger partial charge in [-0.2, -0.15) is 9.61 Å². The summed E-state index contributed by atoms with van der Waals surface area (Å²) in [6.45, 7) is 4.33. The minimum absolute atomic E-state index is 0. The Labute approximate surface area is 143 Å². The van der Waals surface area contributed by atoms with Crippen molar-refractivity contribution >= 4 is 40.1 Å². The van der Waals surface area contributed by atoms with E-state index in [1.807, 2.05) is 19.1 Å². The molecule has 8 heteroatoms. The van der Waals surface area contributed by atoms with Gasteiger partial charge < -0.3 is 10.2 Å². The number of aromatic nitrogens is 3. The number of nitrogens with zero attached hydrogens (tertiary/aromatic N) is 4. The van der Waals surface area contributed by atoms with Crippen LogP contribution in [-0.2, 0) is 6.54 Å². The molecule has 1 aromatic carbocycles. The fourth-order valence-corrected chi connectivity index (χ4v) is 3.66. The van der Waals surface area contributed by atoms with Gasteiger partial charge in [-0.15, -0.1) is 12.4 Å². The van der Waals surface area contributed by atoms with Crippen LogP contribution in [0.25, 0.3) is 4.96 Å². The molecule has 3 heterocycles. The standard InChI is InChI=1S/C15H15N5OS.ClH/c1-10-8-14(21)20-15(17-10)22-13(18-20)9-19-7-6-16-11-4-2-3-5-12(11)19;/h2-5,8,16H,6-7,9H2,1H3;1H. The SMILES string of the molecule is Cc1cc(=O)n2nc(CN3CCNc4ccccc43)sc2n1.Cl. The van der Waals surface area contributed by atoms with Crippen LogP contribution in [0.15, 0.2) is 35.1 Å². The van der Waals surface area contributed by atoms with Crippen molar-refractivity contribution in [3.63, 3.8) is 0 Å². The normalized spacial score (nSPS) is 13.3. The lowest BCUT2D eigenvalue weighted by Crippen LogP contribution is -2.33. The van der Waals surface area contributed by atoms with Gasteiger partial charge in [0.2, 0.25) is 4.96 Å². The third-order valence-corrected chi connectivity index (χ3v) is 4.58. The molecule has 2 aromatic heterocycles. The minimum atomic E-state index is -0.120. The predicted molar refractivity (Wildman–Crippen MR) is 95.1 cm³/mol. The van der Waals surface area contributed by atoms with Crippen molar-refractivity contribution in [2.24, 2.45) is 0 Å². The quantitative estimate of drug-likeness (QED) is 0.769. The number of rotatable bonds is 2. The van der Waals surface area contributed by atoms with E-state index in [1.165, 1.54) is 27.6 Å². The second-order valence-electron chi connectivity index (χ2n) is 5.29. The van der Waals surface area contributed by atoms with Crippen LogP contribution < -0.4 is 15.8 Å². The largest absolute Gasteiger partial charge is 0.382 e. The van der Waals surface area contributed by atoms with Crippen molar-refractivity contribution in [3.05, 3.63) is 51.4 Å². The van der Waals surface area contributed by atoms with Gasteiger partial charge in [0, 0.05) is 24.8 Å². The van der Waals surface area contributed by atoms with Crippen LogP contribution in [0, 0.1) is 6.92 Å². The van der Waals surface area contributed by atoms with Crippen molar-refractivity contribution in [2.45, 2.75) is 13.5 Å². The summed E-state index contributed by atoms with van der Waals surface area (Å²) in [6.07, 6.45) is 0. The molecular formula is C15H16ClN5OS. The first-order chi connectivity index (χ1) is 10.7. The maximum absolute atomic E-state index is 11.9. The van der Waals surface area contributed by atoms with E-state index in [-0.39, 0.29) is 18.0 Å². The summed E-state index contributed by atoms with van der Waals surface area (Å²) in [5, 5.41) is 8.71. The van der Waals surface area contributed by atoms with E-state index in [1.54, 1.807) is 0 Å². The summed E-state index contributed by atoms with van der Waals surface area (Å²) in [7, 11) is 0. The molecule has 0 saturated carbocycles. The van der Waals surface area contributed by atoms with Gasteiger partial charge in [-0.1, -0.05) is 23.5 Å². The number of anilines is 2. The molecule has 4 rings (SSSR count). The Balaban J connectivity index is 0.00000156. The van der Waals surface area contributed by atoms with Gasteiger partial charge in [0.05, 0.1) is 17.9 Å². The highest BCUT2D eigenvalue weighted by Gasteiger charge is 2.18. The molecule has 0 aliphatic carbocycles. The second kappa shape index (κ2) is 6.17.